The fraction of sp³-hybridized carbons (Fsp3) is 0.236. The van der Waals surface area contributed by atoms with E-state index in [1.165, 1.54) is 96.6 Å². The van der Waals surface area contributed by atoms with Gasteiger partial charge < -0.3 is 4.90 Å². The molecule has 4 atom stereocenters. The Morgan fingerprint density at radius 2 is 1.14 bits per heavy atom. The molecule has 56 heavy (non-hydrogen) atoms. The summed E-state index contributed by atoms with van der Waals surface area (Å²) in [7, 11) is 0. The monoisotopic (exact) mass is 723 g/mol. The summed E-state index contributed by atoms with van der Waals surface area (Å²) in [6.45, 7) is 9.52. The van der Waals surface area contributed by atoms with Crippen LogP contribution in [-0.2, 0) is 10.8 Å². The Bertz CT molecular complexity index is 2600. The van der Waals surface area contributed by atoms with Crippen molar-refractivity contribution in [3.63, 3.8) is 0 Å². The molecule has 5 aliphatic rings. The van der Waals surface area contributed by atoms with Gasteiger partial charge in [-0.1, -0.05) is 166 Å². The van der Waals surface area contributed by atoms with Crippen LogP contribution < -0.4 is 4.90 Å². The third-order valence-electron chi connectivity index (χ3n) is 14.5. The summed E-state index contributed by atoms with van der Waals surface area (Å²) in [5.41, 5.74) is 20.5. The van der Waals surface area contributed by atoms with Gasteiger partial charge in [0.2, 0.25) is 0 Å². The van der Waals surface area contributed by atoms with Crippen LogP contribution in [0.25, 0.3) is 27.8 Å². The van der Waals surface area contributed by atoms with Crippen molar-refractivity contribution >= 4 is 11.3 Å². The van der Waals surface area contributed by atoms with Gasteiger partial charge in [0.05, 0.1) is 5.41 Å². The van der Waals surface area contributed by atoms with Gasteiger partial charge in [-0.2, -0.15) is 0 Å². The van der Waals surface area contributed by atoms with E-state index in [0.29, 0.717) is 17.9 Å². The van der Waals surface area contributed by atoms with Crippen LogP contribution in [0.1, 0.15) is 90.5 Å². The van der Waals surface area contributed by atoms with E-state index in [1.54, 1.807) is 0 Å². The molecule has 6 aromatic rings. The minimum atomic E-state index is -0.275. The lowest BCUT2D eigenvalue weighted by atomic mass is 9.67. The molecule has 5 aliphatic carbocycles. The van der Waals surface area contributed by atoms with Gasteiger partial charge in [0.25, 0.3) is 0 Å². The van der Waals surface area contributed by atoms with Gasteiger partial charge in [0, 0.05) is 28.8 Å². The largest absolute Gasteiger partial charge is 0.338 e. The number of rotatable bonds is 4. The normalized spacial score (nSPS) is 22.9. The summed E-state index contributed by atoms with van der Waals surface area (Å²) in [4.78, 5) is 2.75. The zero-order chi connectivity index (χ0) is 37.8. The average Bonchev–Trinajstić information content (AvgIpc) is 3.68. The van der Waals surface area contributed by atoms with Crippen molar-refractivity contribution in [3.8, 4) is 22.3 Å². The molecule has 4 unspecified atom stereocenters. The number of aryl methyl sites for hydroxylation is 1. The highest BCUT2D eigenvalue weighted by atomic mass is 15.2. The van der Waals surface area contributed by atoms with Crippen molar-refractivity contribution in [2.75, 3.05) is 4.90 Å². The van der Waals surface area contributed by atoms with Gasteiger partial charge in [-0.15, -0.1) is 0 Å². The van der Waals surface area contributed by atoms with Gasteiger partial charge in [-0.05, 0) is 129 Å². The van der Waals surface area contributed by atoms with Crippen LogP contribution in [0.4, 0.5) is 5.69 Å². The molecule has 0 aromatic heterocycles. The van der Waals surface area contributed by atoms with Crippen molar-refractivity contribution in [1.82, 2.24) is 0 Å². The molecule has 1 heteroatoms. The molecule has 1 nitrogen and oxygen atoms in total. The molecule has 11 rings (SSSR count). The maximum Gasteiger partial charge on any atom is 0.0572 e. The average molecular weight is 724 g/mol. The van der Waals surface area contributed by atoms with Crippen molar-refractivity contribution in [1.29, 1.82) is 0 Å². The Hall–Kier alpha value is -5.66. The van der Waals surface area contributed by atoms with Crippen molar-refractivity contribution < 1.29 is 0 Å². The van der Waals surface area contributed by atoms with E-state index in [0.717, 1.165) is 6.42 Å². The van der Waals surface area contributed by atoms with E-state index >= 15 is 0 Å². The second kappa shape index (κ2) is 12.4. The van der Waals surface area contributed by atoms with Crippen LogP contribution in [0.3, 0.4) is 0 Å². The number of hydrogen-bond acceptors (Lipinski definition) is 1. The lowest BCUT2D eigenvalue weighted by Crippen LogP contribution is -2.42. The van der Waals surface area contributed by atoms with E-state index in [2.05, 4.69) is 196 Å². The number of allylic oxidation sites excluding steroid dienone is 5. The van der Waals surface area contributed by atoms with Crippen molar-refractivity contribution in [2.45, 2.75) is 69.7 Å². The number of anilines is 1. The second-order valence-corrected chi connectivity index (χ2v) is 17.7. The predicted octanol–water partition coefficient (Wildman–Crippen LogP) is 13.6. The number of benzene rings is 6. The minimum Gasteiger partial charge on any atom is -0.338 e. The number of hydrogen-bond donors (Lipinski definition) is 0. The number of fused-ring (bicyclic) bond motifs is 13. The summed E-state index contributed by atoms with van der Waals surface area (Å²) in [5, 5.41) is 0. The standard InChI is InChI=1S/C55H49N/c1-35-21-23-37(24-22-35)38-25-32-53(36(2)33-38)56(40-27-30-46-41-13-5-9-17-47(41)54(3,4)52(46)34-40)39-26-29-45-44-16-8-12-20-50(44)55(51(45)31-28-39)48-18-10-6-14-42(48)43-15-7-11-19-49(43)55/h5-24,26-31,34,36,38,51,53H,25,32-33H2,1-4H3. The Morgan fingerprint density at radius 3 is 1.80 bits per heavy atom. The highest BCUT2D eigenvalue weighted by Gasteiger charge is 2.55. The van der Waals surface area contributed by atoms with Crippen LogP contribution in [0.2, 0.25) is 0 Å². The highest BCUT2D eigenvalue weighted by molar-refractivity contribution is 5.93. The molecular formula is C55H49N. The molecule has 1 saturated carbocycles. The summed E-state index contributed by atoms with van der Waals surface area (Å²) < 4.78 is 0. The summed E-state index contributed by atoms with van der Waals surface area (Å²) in [6, 6.07) is 53.7. The maximum atomic E-state index is 2.75. The van der Waals surface area contributed by atoms with E-state index in [-0.39, 0.29) is 16.7 Å². The topological polar surface area (TPSA) is 3.24 Å². The molecule has 0 saturated heterocycles. The zero-order valence-electron chi connectivity index (χ0n) is 33.0. The number of nitrogens with zero attached hydrogens (tertiary/aromatic N) is 1. The quantitative estimate of drug-likeness (QED) is 0.175. The fourth-order valence-electron chi connectivity index (χ4n) is 11.8. The zero-order valence-corrected chi connectivity index (χ0v) is 33.0. The Morgan fingerprint density at radius 1 is 0.571 bits per heavy atom. The predicted molar refractivity (Wildman–Crippen MR) is 234 cm³/mol. The first kappa shape index (κ1) is 33.7. The molecule has 274 valence electrons. The first-order chi connectivity index (χ1) is 27.4. The molecular weight excluding hydrogens is 675 g/mol. The summed E-state index contributed by atoms with van der Waals surface area (Å²) in [5.74, 6) is 1.28. The lowest BCUT2D eigenvalue weighted by Gasteiger charge is -2.43. The van der Waals surface area contributed by atoms with Gasteiger partial charge >= 0.3 is 0 Å². The van der Waals surface area contributed by atoms with Gasteiger partial charge in [0.15, 0.2) is 0 Å². The van der Waals surface area contributed by atoms with E-state index in [1.807, 2.05) is 0 Å². The first-order valence-corrected chi connectivity index (χ1v) is 20.8. The van der Waals surface area contributed by atoms with Crippen LogP contribution in [-0.4, -0.2) is 6.04 Å². The van der Waals surface area contributed by atoms with Crippen molar-refractivity contribution in [2.24, 2.45) is 11.8 Å². The maximum absolute atomic E-state index is 2.75. The SMILES string of the molecule is Cc1ccc(C2CCC(N(C3=CC=C4c5ccccc5C5(c6ccccc6-c6ccccc65)C4C=C3)c3ccc4c(c3)C(C)(C)c3ccccc3-4)C(C)C2)cc1. The highest BCUT2D eigenvalue weighted by Crippen LogP contribution is 2.64. The summed E-state index contributed by atoms with van der Waals surface area (Å²) in [6.07, 6.45) is 13.6. The van der Waals surface area contributed by atoms with Gasteiger partial charge in [-0.3, -0.25) is 0 Å². The molecule has 0 amide bonds. The van der Waals surface area contributed by atoms with Crippen LogP contribution >= 0.6 is 0 Å². The fourth-order valence-corrected chi connectivity index (χ4v) is 11.8. The molecule has 1 spiro atoms. The Kier molecular flexibility index (Phi) is 7.47. The third kappa shape index (κ3) is 4.67. The smallest absolute Gasteiger partial charge is 0.0572 e. The summed E-state index contributed by atoms with van der Waals surface area (Å²) >= 11 is 0. The second-order valence-electron chi connectivity index (χ2n) is 17.7. The van der Waals surface area contributed by atoms with Crippen LogP contribution in [0, 0.1) is 18.8 Å². The lowest BCUT2D eigenvalue weighted by molar-refractivity contribution is 0.293. The van der Waals surface area contributed by atoms with E-state index in [9.17, 15) is 0 Å². The Balaban J connectivity index is 1.06. The molecule has 6 aromatic carbocycles. The van der Waals surface area contributed by atoms with Crippen LogP contribution in [0.15, 0.2) is 170 Å². The molecule has 0 aliphatic heterocycles. The molecule has 0 radical (unpaired) electrons. The molecule has 0 N–H and O–H groups in total. The van der Waals surface area contributed by atoms with Crippen molar-refractivity contribution in [3.05, 3.63) is 214 Å². The molecule has 0 heterocycles. The van der Waals surface area contributed by atoms with E-state index < -0.39 is 0 Å². The third-order valence-corrected chi connectivity index (χ3v) is 14.5. The minimum absolute atomic E-state index is 0.0612. The molecule has 1 fully saturated rings. The van der Waals surface area contributed by atoms with Crippen LogP contribution in [0.5, 0.6) is 0 Å². The Labute approximate surface area is 332 Å². The first-order valence-electron chi connectivity index (χ1n) is 20.8. The molecule has 0 bridgehead atoms. The van der Waals surface area contributed by atoms with Gasteiger partial charge in [-0.25, -0.2) is 0 Å². The van der Waals surface area contributed by atoms with Gasteiger partial charge in [0.1, 0.15) is 0 Å². The van der Waals surface area contributed by atoms with E-state index in [4.69, 9.17) is 0 Å².